The normalized spacial score (nSPS) is 25.4. The number of nitrogens with one attached hydrogen (secondary N) is 4. The number of aromatic amines is 1. The number of aromatic nitrogens is 2. The molecule has 6 aliphatic rings. The molecule has 8 unspecified atom stereocenters. The van der Waals surface area contributed by atoms with Crippen molar-refractivity contribution in [1.82, 2.24) is 40.6 Å². The number of nitrogens with zero attached hydrogens (tertiary/aromatic N) is 6. The molecule has 68 heavy (non-hydrogen) atoms. The molecule has 8 rings (SSSR count). The van der Waals surface area contributed by atoms with Gasteiger partial charge < -0.3 is 44.5 Å². The Morgan fingerprint density at radius 1 is 1.16 bits per heavy atom. The highest BCUT2D eigenvalue weighted by Crippen LogP contribution is 2.56. The fraction of sp³-hybridized carbons (Fsp3) is 0.600. The van der Waals surface area contributed by atoms with Crippen molar-refractivity contribution in [3.8, 4) is 17.0 Å². The molecule has 1 saturated carbocycles. The Labute approximate surface area is 404 Å². The standard InChI is InChI=1S/C50H69FN10O6S/c1-8-11-16-60(48(63)45(29(4)5)58-50(64)66-7)27-42-53-23-37(56-42)31-15-14-30-19-35-34(20-32(30)18-31)44-36(51)21-33(22-40(44)67-46(35)41-25-55-49(68-41)59(9-2)10-3)38-24-54-47(57-38)39-13-12-17-61(39)43(62)26-52-28-65-6/h8,15,18,21-22,24,29-30,34-35,37,39,41,45-46,52H,1,9-14,16-17,19-20,23,25-28H2,2-7H3,(H,53,56)(H,54,57)(H,58,64). The number of methoxy groups -OCH3 is 2. The van der Waals surface area contributed by atoms with Gasteiger partial charge in [0, 0.05) is 56.3 Å². The van der Waals surface area contributed by atoms with Crippen molar-refractivity contribution in [2.24, 2.45) is 27.7 Å². The van der Waals surface area contributed by atoms with Crippen molar-refractivity contribution >= 4 is 40.7 Å². The third-order valence-electron chi connectivity index (χ3n) is 14.4. The van der Waals surface area contributed by atoms with Crippen molar-refractivity contribution in [2.75, 3.05) is 73.3 Å². The molecule has 0 radical (unpaired) electrons. The minimum Gasteiger partial charge on any atom is -0.488 e. The van der Waals surface area contributed by atoms with Gasteiger partial charge >= 0.3 is 6.09 Å². The van der Waals surface area contributed by atoms with E-state index < -0.39 is 12.1 Å². The number of thioether (sulfide) groups is 1. The number of imidazole rings is 1. The molecule has 4 N–H and O–H groups in total. The average Bonchev–Trinajstić information content (AvgIpc) is 4.19. The van der Waals surface area contributed by atoms with Crippen LogP contribution in [-0.2, 0) is 19.1 Å². The fourth-order valence-corrected chi connectivity index (χ4v) is 12.2. The molecule has 1 aromatic heterocycles. The Morgan fingerprint density at radius 3 is 2.74 bits per heavy atom. The Kier molecular flexibility index (Phi) is 16.0. The molecule has 368 valence electrons. The number of rotatable bonds is 18. The lowest BCUT2D eigenvalue weighted by atomic mass is 9.63. The molecular formula is C50H69FN10O6S. The van der Waals surface area contributed by atoms with Crippen LogP contribution in [0, 0.1) is 23.6 Å². The summed E-state index contributed by atoms with van der Waals surface area (Å²) in [5.74, 6) is 1.60. The molecule has 2 aromatic rings. The van der Waals surface area contributed by atoms with Gasteiger partial charge in [0.1, 0.15) is 35.4 Å². The van der Waals surface area contributed by atoms with Crippen LogP contribution in [0.3, 0.4) is 0 Å². The second kappa shape index (κ2) is 22.0. The molecule has 4 aliphatic heterocycles. The molecule has 2 fully saturated rings. The number of ether oxygens (including phenoxy) is 3. The van der Waals surface area contributed by atoms with Gasteiger partial charge in [-0.15, -0.1) is 6.58 Å². The second-order valence-electron chi connectivity index (χ2n) is 18.9. The molecule has 5 heterocycles. The summed E-state index contributed by atoms with van der Waals surface area (Å²) in [7, 11) is 2.87. The monoisotopic (exact) mass is 957 g/mol. The van der Waals surface area contributed by atoms with Gasteiger partial charge in [-0.25, -0.2) is 14.2 Å². The number of allylic oxidation sites excluding steroid dienone is 2. The van der Waals surface area contributed by atoms with Crippen molar-refractivity contribution < 1.29 is 33.0 Å². The summed E-state index contributed by atoms with van der Waals surface area (Å²) in [6, 6.07) is 2.57. The summed E-state index contributed by atoms with van der Waals surface area (Å²) in [6.07, 6.45) is 12.0. The summed E-state index contributed by atoms with van der Waals surface area (Å²) < 4.78 is 34.0. The number of carbonyl (C=O) groups is 3. The lowest BCUT2D eigenvalue weighted by molar-refractivity contribution is -0.133. The SMILES string of the molecule is C=CCCN(CC1=NCC(C2=CCC3CC4C(CC3=C2)c2c(F)cc(-c3cnc(C5CCCN5C(=O)CNCOC)[nH]3)cc2OC4C2CN=C(N(CC)CC)S2)N1)C(=O)C(NC(=O)OC)C(C)C. The first-order valence-corrected chi connectivity index (χ1v) is 25.3. The Morgan fingerprint density at radius 2 is 1.99 bits per heavy atom. The summed E-state index contributed by atoms with van der Waals surface area (Å²) in [4.78, 5) is 63.1. The third kappa shape index (κ3) is 10.5. The van der Waals surface area contributed by atoms with Crippen LogP contribution in [0.2, 0.25) is 0 Å². The minimum absolute atomic E-state index is 0.0144. The molecule has 16 nitrogen and oxygen atoms in total. The maximum absolute atomic E-state index is 17.0. The van der Waals surface area contributed by atoms with Gasteiger partial charge in [-0.05, 0) is 81.9 Å². The summed E-state index contributed by atoms with van der Waals surface area (Å²) in [5.41, 5.74) is 4.42. The third-order valence-corrected chi connectivity index (χ3v) is 15.7. The van der Waals surface area contributed by atoms with Crippen molar-refractivity contribution in [1.29, 1.82) is 0 Å². The minimum atomic E-state index is -0.752. The predicted octanol–water partition coefficient (Wildman–Crippen LogP) is 6.17. The zero-order valence-electron chi connectivity index (χ0n) is 40.4. The van der Waals surface area contributed by atoms with Gasteiger partial charge in [0.2, 0.25) is 11.8 Å². The van der Waals surface area contributed by atoms with Gasteiger partial charge in [-0.2, -0.15) is 0 Å². The average molecular weight is 957 g/mol. The van der Waals surface area contributed by atoms with E-state index in [1.54, 1.807) is 42.1 Å². The lowest BCUT2D eigenvalue weighted by Gasteiger charge is -2.48. The number of hydrogen-bond acceptors (Lipinski definition) is 13. The van der Waals surface area contributed by atoms with Gasteiger partial charge in [0.15, 0.2) is 5.17 Å². The number of hydrogen-bond donors (Lipinski definition) is 4. The zero-order valence-corrected chi connectivity index (χ0v) is 41.2. The van der Waals surface area contributed by atoms with Crippen molar-refractivity contribution in [2.45, 2.75) is 102 Å². The number of fused-ring (bicyclic) bond motifs is 4. The van der Waals surface area contributed by atoms with Crippen LogP contribution in [0.5, 0.6) is 5.75 Å². The first kappa shape index (κ1) is 49.2. The molecular weight excluding hydrogens is 888 g/mol. The van der Waals surface area contributed by atoms with Crippen LogP contribution in [0.15, 0.2) is 64.3 Å². The Balaban J connectivity index is 1.02. The number of carbonyl (C=O) groups excluding carboxylic acids is 3. The second-order valence-corrected chi connectivity index (χ2v) is 20.1. The van der Waals surface area contributed by atoms with E-state index >= 15 is 4.39 Å². The van der Waals surface area contributed by atoms with Crippen LogP contribution >= 0.6 is 11.8 Å². The summed E-state index contributed by atoms with van der Waals surface area (Å²) >= 11 is 1.79. The van der Waals surface area contributed by atoms with E-state index in [2.05, 4.69) is 58.4 Å². The molecule has 0 bridgehead atoms. The number of aliphatic imine (C=N–C) groups is 2. The molecule has 2 aliphatic carbocycles. The van der Waals surface area contributed by atoms with E-state index in [1.165, 1.54) is 12.7 Å². The molecule has 1 saturated heterocycles. The number of H-pyrrole nitrogens is 1. The smallest absolute Gasteiger partial charge is 0.407 e. The number of likely N-dealkylation sites (tertiary alicyclic amines) is 1. The number of amides is 3. The van der Waals surface area contributed by atoms with E-state index in [-0.39, 0.29) is 71.9 Å². The van der Waals surface area contributed by atoms with Crippen molar-refractivity contribution in [3.05, 3.63) is 71.5 Å². The number of benzene rings is 1. The van der Waals surface area contributed by atoms with Gasteiger partial charge in [0.25, 0.3) is 0 Å². The van der Waals surface area contributed by atoms with Gasteiger partial charge in [0.05, 0.1) is 69.2 Å². The first-order valence-electron chi connectivity index (χ1n) is 24.4. The zero-order chi connectivity index (χ0) is 48.1. The van der Waals surface area contributed by atoms with Crippen LogP contribution < -0.4 is 20.7 Å². The quantitative estimate of drug-likeness (QED) is 0.0764. The van der Waals surface area contributed by atoms with E-state index in [9.17, 15) is 14.4 Å². The highest BCUT2D eigenvalue weighted by atomic mass is 32.2. The highest BCUT2D eigenvalue weighted by Gasteiger charge is 2.50. The molecule has 0 spiro atoms. The maximum Gasteiger partial charge on any atom is 0.407 e. The van der Waals surface area contributed by atoms with Crippen LogP contribution in [0.25, 0.3) is 11.3 Å². The summed E-state index contributed by atoms with van der Waals surface area (Å²) in [5, 5.41) is 10.5. The number of amidine groups is 2. The molecule has 3 amide bonds. The topological polar surface area (TPSA) is 178 Å². The Bertz CT molecular complexity index is 2310. The molecule has 1 aromatic carbocycles. The van der Waals surface area contributed by atoms with E-state index in [1.807, 2.05) is 24.8 Å². The maximum atomic E-state index is 17.0. The van der Waals surface area contributed by atoms with Gasteiger partial charge in [-0.1, -0.05) is 49.4 Å². The van der Waals surface area contributed by atoms with E-state index in [4.69, 9.17) is 29.2 Å². The lowest BCUT2D eigenvalue weighted by Crippen LogP contribution is -2.53. The van der Waals surface area contributed by atoms with Crippen LogP contribution in [0.4, 0.5) is 9.18 Å². The fourth-order valence-electron chi connectivity index (χ4n) is 10.9. The number of alkyl carbamates (subject to hydrolysis) is 1. The van der Waals surface area contributed by atoms with Crippen LogP contribution in [0.1, 0.15) is 89.6 Å². The van der Waals surface area contributed by atoms with Crippen molar-refractivity contribution in [3.63, 3.8) is 0 Å². The number of halogens is 1. The highest BCUT2D eigenvalue weighted by molar-refractivity contribution is 8.14. The van der Waals surface area contributed by atoms with E-state index in [0.29, 0.717) is 85.9 Å². The first-order chi connectivity index (χ1) is 32.9. The summed E-state index contributed by atoms with van der Waals surface area (Å²) in [6.45, 7) is 16.7. The van der Waals surface area contributed by atoms with Crippen LogP contribution in [-0.4, -0.2) is 150 Å². The van der Waals surface area contributed by atoms with E-state index in [0.717, 1.165) is 49.5 Å². The van der Waals surface area contributed by atoms with Gasteiger partial charge in [-0.3, -0.25) is 24.9 Å². The molecule has 8 atom stereocenters. The largest absolute Gasteiger partial charge is 0.488 e. The molecule has 18 heteroatoms. The predicted molar refractivity (Wildman–Crippen MR) is 263 cm³/mol. The Hall–Kier alpha value is -5.20.